The second kappa shape index (κ2) is 4.73. The highest BCUT2D eigenvalue weighted by Gasteiger charge is 2.25. The molecule has 3 heteroatoms. The Labute approximate surface area is 117 Å². The maximum Gasteiger partial charge on any atom is 0.198 e. The summed E-state index contributed by atoms with van der Waals surface area (Å²) in [7, 11) is 0. The lowest BCUT2D eigenvalue weighted by atomic mass is 9.96. The van der Waals surface area contributed by atoms with Crippen molar-refractivity contribution in [2.75, 3.05) is 0 Å². The third-order valence-electron chi connectivity index (χ3n) is 3.87. The van der Waals surface area contributed by atoms with Gasteiger partial charge < -0.3 is 5.11 Å². The third kappa shape index (κ3) is 1.90. The summed E-state index contributed by atoms with van der Waals surface area (Å²) >= 11 is 0. The lowest BCUT2D eigenvalue weighted by Gasteiger charge is -2.12. The monoisotopic (exact) mass is 267 g/mol. The van der Waals surface area contributed by atoms with Gasteiger partial charge in [0.2, 0.25) is 0 Å². The summed E-state index contributed by atoms with van der Waals surface area (Å²) in [5.41, 5.74) is 4.19. The second-order valence-electron chi connectivity index (χ2n) is 5.18. The summed E-state index contributed by atoms with van der Waals surface area (Å²) < 4.78 is 14.0. The molecule has 0 aromatic heterocycles. The molecule has 0 saturated carbocycles. The molecule has 0 heterocycles. The zero-order valence-electron chi connectivity index (χ0n) is 11.2. The van der Waals surface area contributed by atoms with Crippen LogP contribution in [0.3, 0.4) is 0 Å². The number of aliphatic hydroxyl groups excluding tert-OH is 1. The quantitative estimate of drug-likeness (QED) is 0.764. The number of aliphatic hydroxyl groups is 1. The van der Waals surface area contributed by atoms with Crippen LogP contribution in [0.2, 0.25) is 0 Å². The van der Waals surface area contributed by atoms with Gasteiger partial charge in [0.25, 0.3) is 0 Å². The fraction of sp³-hybridized carbons (Fsp3) is 0.235. The predicted molar refractivity (Wildman–Crippen MR) is 76.1 cm³/mol. The van der Waals surface area contributed by atoms with Gasteiger partial charge in [-0.3, -0.25) is 0 Å². The summed E-state index contributed by atoms with van der Waals surface area (Å²) in [6.45, 7) is 9.31. The van der Waals surface area contributed by atoms with Gasteiger partial charge >= 0.3 is 0 Å². The average molecular weight is 267 g/mol. The molecular weight excluding hydrogens is 253 g/mol. The number of hydrogen-bond acceptors (Lipinski definition) is 1. The minimum Gasteiger partial charge on any atom is -0.388 e. The van der Waals surface area contributed by atoms with Crippen molar-refractivity contribution in [2.45, 2.75) is 25.9 Å². The molecule has 0 radical (unpaired) electrons. The standard InChI is InChI=1S/C17H14FNO/c1-10-3-7-15(18)14(9-10)13-5-4-11-12(17(13)19-2)6-8-16(11)20/h3-5,7,9,16,20H,6,8H2,1H3/t16-/m0/s1. The maximum atomic E-state index is 14.0. The summed E-state index contributed by atoms with van der Waals surface area (Å²) in [4.78, 5) is 3.60. The van der Waals surface area contributed by atoms with E-state index in [1.165, 1.54) is 6.07 Å². The highest BCUT2D eigenvalue weighted by molar-refractivity contribution is 5.83. The molecule has 2 aromatic carbocycles. The van der Waals surface area contributed by atoms with Crippen LogP contribution in [-0.4, -0.2) is 5.11 Å². The molecule has 3 rings (SSSR count). The Balaban J connectivity index is 2.26. The molecule has 0 spiro atoms. The molecule has 1 aliphatic rings. The van der Waals surface area contributed by atoms with E-state index in [0.29, 0.717) is 29.7 Å². The molecule has 2 nitrogen and oxygen atoms in total. The van der Waals surface area contributed by atoms with Gasteiger partial charge in [-0.05, 0) is 48.6 Å². The number of hydrogen-bond donors (Lipinski definition) is 1. The average Bonchev–Trinajstić information content (AvgIpc) is 2.82. The number of fused-ring (bicyclic) bond motifs is 1. The van der Waals surface area contributed by atoms with Gasteiger partial charge in [0, 0.05) is 5.56 Å². The van der Waals surface area contributed by atoms with Crippen LogP contribution in [0, 0.1) is 19.3 Å². The molecule has 0 unspecified atom stereocenters. The summed E-state index contributed by atoms with van der Waals surface area (Å²) in [5.74, 6) is -0.320. The van der Waals surface area contributed by atoms with E-state index < -0.39 is 6.10 Å². The van der Waals surface area contributed by atoms with E-state index in [9.17, 15) is 9.50 Å². The van der Waals surface area contributed by atoms with Crippen LogP contribution in [0.5, 0.6) is 0 Å². The predicted octanol–water partition coefficient (Wildman–Crippen LogP) is 4.33. The summed E-state index contributed by atoms with van der Waals surface area (Å²) in [6.07, 6.45) is 0.814. The lowest BCUT2D eigenvalue weighted by molar-refractivity contribution is 0.180. The van der Waals surface area contributed by atoms with Crippen molar-refractivity contribution in [3.63, 3.8) is 0 Å². The van der Waals surface area contributed by atoms with Gasteiger partial charge in [-0.1, -0.05) is 23.8 Å². The van der Waals surface area contributed by atoms with Crippen LogP contribution >= 0.6 is 0 Å². The van der Waals surface area contributed by atoms with E-state index in [0.717, 1.165) is 16.7 Å². The van der Waals surface area contributed by atoms with E-state index in [2.05, 4.69) is 4.85 Å². The van der Waals surface area contributed by atoms with Crippen LogP contribution < -0.4 is 0 Å². The van der Waals surface area contributed by atoms with Crippen LogP contribution in [-0.2, 0) is 6.42 Å². The molecule has 1 aliphatic carbocycles. The summed E-state index contributed by atoms with van der Waals surface area (Å²) in [5, 5.41) is 9.88. The highest BCUT2D eigenvalue weighted by Crippen LogP contribution is 2.43. The fourth-order valence-electron chi connectivity index (χ4n) is 2.85. The molecule has 2 aromatic rings. The van der Waals surface area contributed by atoms with Crippen molar-refractivity contribution in [1.29, 1.82) is 0 Å². The molecule has 0 fully saturated rings. The molecular formula is C17H14FNO. The zero-order valence-corrected chi connectivity index (χ0v) is 11.2. The Bertz CT molecular complexity index is 731. The normalized spacial score (nSPS) is 16.8. The van der Waals surface area contributed by atoms with E-state index in [1.54, 1.807) is 18.2 Å². The van der Waals surface area contributed by atoms with Crippen LogP contribution in [0.4, 0.5) is 10.1 Å². The number of aryl methyl sites for hydroxylation is 1. The van der Waals surface area contributed by atoms with Crippen LogP contribution in [0.1, 0.15) is 29.2 Å². The van der Waals surface area contributed by atoms with E-state index in [4.69, 9.17) is 6.57 Å². The van der Waals surface area contributed by atoms with Crippen molar-refractivity contribution < 1.29 is 9.50 Å². The van der Waals surface area contributed by atoms with E-state index in [1.807, 2.05) is 13.0 Å². The number of halogens is 1. The van der Waals surface area contributed by atoms with E-state index >= 15 is 0 Å². The van der Waals surface area contributed by atoms with Crippen molar-refractivity contribution in [3.05, 3.63) is 64.3 Å². The molecule has 100 valence electrons. The Morgan fingerprint density at radius 1 is 1.25 bits per heavy atom. The number of nitrogens with zero attached hydrogens (tertiary/aromatic N) is 1. The highest BCUT2D eigenvalue weighted by atomic mass is 19.1. The molecule has 0 bridgehead atoms. The molecule has 0 saturated heterocycles. The summed E-state index contributed by atoms with van der Waals surface area (Å²) in [6, 6.07) is 8.47. The zero-order chi connectivity index (χ0) is 14.3. The van der Waals surface area contributed by atoms with Crippen molar-refractivity contribution in [2.24, 2.45) is 0 Å². The Kier molecular flexibility index (Phi) is 3.04. The van der Waals surface area contributed by atoms with Gasteiger partial charge in [-0.2, -0.15) is 0 Å². The van der Waals surface area contributed by atoms with Crippen molar-refractivity contribution in [3.8, 4) is 11.1 Å². The minimum absolute atomic E-state index is 0.320. The van der Waals surface area contributed by atoms with Gasteiger partial charge in [0.05, 0.1) is 12.7 Å². The first kappa shape index (κ1) is 12.8. The van der Waals surface area contributed by atoms with Crippen LogP contribution in [0.15, 0.2) is 30.3 Å². The Morgan fingerprint density at radius 2 is 2.05 bits per heavy atom. The van der Waals surface area contributed by atoms with Crippen molar-refractivity contribution >= 4 is 5.69 Å². The topological polar surface area (TPSA) is 24.6 Å². The first-order valence-corrected chi connectivity index (χ1v) is 6.59. The van der Waals surface area contributed by atoms with Crippen LogP contribution in [0.25, 0.3) is 16.0 Å². The number of benzene rings is 2. The minimum atomic E-state index is -0.498. The number of rotatable bonds is 1. The first-order chi connectivity index (χ1) is 9.61. The van der Waals surface area contributed by atoms with Gasteiger partial charge in [0.15, 0.2) is 5.69 Å². The largest absolute Gasteiger partial charge is 0.388 e. The van der Waals surface area contributed by atoms with E-state index in [-0.39, 0.29) is 5.82 Å². The van der Waals surface area contributed by atoms with Gasteiger partial charge in [0.1, 0.15) is 5.82 Å². The maximum absolute atomic E-state index is 14.0. The SMILES string of the molecule is [C-]#[N+]c1c(-c2cc(C)ccc2F)ccc2c1CC[C@@H]2O. The van der Waals surface area contributed by atoms with Gasteiger partial charge in [-0.15, -0.1) is 0 Å². The first-order valence-electron chi connectivity index (χ1n) is 6.59. The Morgan fingerprint density at radius 3 is 2.80 bits per heavy atom. The Hall–Kier alpha value is -2.18. The molecule has 20 heavy (non-hydrogen) atoms. The molecule has 0 aliphatic heterocycles. The molecule has 1 N–H and O–H groups in total. The third-order valence-corrected chi connectivity index (χ3v) is 3.87. The second-order valence-corrected chi connectivity index (χ2v) is 5.18. The lowest BCUT2D eigenvalue weighted by Crippen LogP contribution is -1.92. The smallest absolute Gasteiger partial charge is 0.198 e. The molecule has 0 amide bonds. The van der Waals surface area contributed by atoms with Gasteiger partial charge in [-0.25, -0.2) is 9.24 Å². The fourth-order valence-corrected chi connectivity index (χ4v) is 2.85. The molecule has 1 atom stereocenters. The van der Waals surface area contributed by atoms with Crippen molar-refractivity contribution in [1.82, 2.24) is 0 Å².